The number of hydrogen-bond acceptors (Lipinski definition) is 4. The molecule has 2 aromatic rings. The molecule has 0 spiro atoms. The second-order valence-corrected chi connectivity index (χ2v) is 10.5. The quantitative estimate of drug-likeness (QED) is 0.476. The number of carbonyl (C=O) groups is 2. The topological polar surface area (TPSA) is 83.5 Å². The van der Waals surface area contributed by atoms with Crippen LogP contribution in [0.3, 0.4) is 0 Å². The molecular formula is C26H33FN2O4S. The van der Waals surface area contributed by atoms with Crippen molar-refractivity contribution in [3.63, 3.8) is 0 Å². The fraction of sp³-hybridized carbons (Fsp3) is 0.385. The van der Waals surface area contributed by atoms with Crippen molar-refractivity contribution in [3.8, 4) is 0 Å². The van der Waals surface area contributed by atoms with Gasteiger partial charge in [0.05, 0.1) is 5.41 Å². The second-order valence-electron chi connectivity index (χ2n) is 8.91. The number of carbonyl (C=O) groups excluding carboxylic acids is 2. The van der Waals surface area contributed by atoms with Crippen LogP contribution in [-0.2, 0) is 26.0 Å². The van der Waals surface area contributed by atoms with Crippen LogP contribution in [0.25, 0.3) is 6.08 Å². The zero-order chi connectivity index (χ0) is 25.3. The Kier molecular flexibility index (Phi) is 9.98. The molecule has 2 aromatic carbocycles. The third-order valence-corrected chi connectivity index (χ3v) is 6.24. The molecule has 6 nitrogen and oxygen atoms in total. The maximum Gasteiger partial charge on any atom is 0.257 e. The number of hydrogen-bond donors (Lipinski definition) is 1. The molecule has 184 valence electrons. The highest BCUT2D eigenvalue weighted by molar-refractivity contribution is 7.93. The minimum absolute atomic E-state index is 0.00613. The molecule has 2 amide bonds. The van der Waals surface area contributed by atoms with Crippen molar-refractivity contribution in [1.29, 1.82) is 0 Å². The van der Waals surface area contributed by atoms with E-state index >= 15 is 0 Å². The Morgan fingerprint density at radius 3 is 2.18 bits per heavy atom. The molecule has 0 aliphatic carbocycles. The lowest BCUT2D eigenvalue weighted by molar-refractivity contribution is -0.143. The minimum atomic E-state index is -4.08. The van der Waals surface area contributed by atoms with Gasteiger partial charge in [-0.3, -0.25) is 9.59 Å². The fourth-order valence-corrected chi connectivity index (χ4v) is 4.32. The van der Waals surface area contributed by atoms with E-state index in [4.69, 9.17) is 0 Å². The first kappa shape index (κ1) is 27.2. The van der Waals surface area contributed by atoms with Crippen LogP contribution >= 0.6 is 0 Å². The molecule has 0 saturated carbocycles. The Morgan fingerprint density at radius 1 is 1.00 bits per heavy atom. The van der Waals surface area contributed by atoms with Crippen LogP contribution in [0.15, 0.2) is 60.0 Å². The Bertz CT molecular complexity index is 1080. The number of rotatable bonds is 11. The number of nitrogens with one attached hydrogen (secondary N) is 1. The lowest BCUT2D eigenvalue weighted by Gasteiger charge is -2.31. The smallest absolute Gasteiger partial charge is 0.257 e. The van der Waals surface area contributed by atoms with Gasteiger partial charge in [-0.15, -0.1) is 0 Å². The van der Waals surface area contributed by atoms with Crippen molar-refractivity contribution in [2.24, 2.45) is 11.8 Å². The molecule has 0 aliphatic heterocycles. The zero-order valence-electron chi connectivity index (χ0n) is 20.1. The largest absolute Gasteiger partial charge is 0.339 e. The average Bonchev–Trinajstić information content (AvgIpc) is 2.77. The van der Waals surface area contributed by atoms with Crippen LogP contribution in [0.5, 0.6) is 0 Å². The summed E-state index contributed by atoms with van der Waals surface area (Å²) in [7, 11) is -4.08. The highest BCUT2D eigenvalue weighted by Crippen LogP contribution is 2.18. The van der Waals surface area contributed by atoms with Crippen molar-refractivity contribution in [2.45, 2.75) is 46.6 Å². The van der Waals surface area contributed by atoms with E-state index in [9.17, 15) is 22.4 Å². The van der Waals surface area contributed by atoms with Gasteiger partial charge in [-0.1, -0.05) is 56.3 Å². The molecular weight excluding hydrogens is 455 g/mol. The molecule has 1 atom stereocenters. The van der Waals surface area contributed by atoms with Crippen molar-refractivity contribution < 1.29 is 22.4 Å². The van der Waals surface area contributed by atoms with E-state index < -0.39 is 27.8 Å². The summed E-state index contributed by atoms with van der Waals surface area (Å²) in [6, 6.07) is 14.7. The summed E-state index contributed by atoms with van der Waals surface area (Å²) in [5.41, 5.74) is 1.53. The molecule has 0 saturated heterocycles. The molecule has 0 aromatic heterocycles. The van der Waals surface area contributed by atoms with E-state index in [0.717, 1.165) is 11.0 Å². The lowest BCUT2D eigenvalue weighted by Crippen LogP contribution is -2.48. The average molecular weight is 489 g/mol. The highest BCUT2D eigenvalue weighted by atomic mass is 32.2. The maximum absolute atomic E-state index is 13.4. The summed E-state index contributed by atoms with van der Waals surface area (Å²) in [6.07, 6.45) is 2.08. The van der Waals surface area contributed by atoms with Gasteiger partial charge in [0.25, 0.3) is 10.0 Å². The van der Waals surface area contributed by atoms with Crippen LogP contribution in [0.1, 0.15) is 45.2 Å². The Balaban J connectivity index is 2.16. The SMILES string of the molecule is CC(C)CC(C(=O)NS(=O)(=O)/C=C/c1ccccc1)C(=O)N(CCc1ccc(F)cc1)C(C)C. The first-order valence-electron chi connectivity index (χ1n) is 11.3. The fourth-order valence-electron chi connectivity index (χ4n) is 3.49. The first-order valence-corrected chi connectivity index (χ1v) is 12.9. The van der Waals surface area contributed by atoms with Crippen LogP contribution in [-0.4, -0.2) is 37.7 Å². The zero-order valence-corrected chi connectivity index (χ0v) is 20.9. The molecule has 1 unspecified atom stereocenters. The van der Waals surface area contributed by atoms with Gasteiger partial charge in [-0.2, -0.15) is 0 Å². The van der Waals surface area contributed by atoms with E-state index in [1.165, 1.54) is 18.2 Å². The Hall–Kier alpha value is -3.00. The van der Waals surface area contributed by atoms with E-state index in [-0.39, 0.29) is 24.2 Å². The standard InChI is InChI=1S/C26H33FN2O4S/c1-19(2)18-24(25(30)28-34(32,33)17-15-21-8-6-5-7-9-21)26(31)29(20(3)4)16-14-22-10-12-23(27)13-11-22/h5-13,15,17,19-20,24H,14,16,18H2,1-4H3,(H,28,30)/b17-15+. The number of amides is 2. The molecule has 8 heteroatoms. The normalized spacial score (nSPS) is 12.8. The van der Waals surface area contributed by atoms with Gasteiger partial charge in [0.15, 0.2) is 0 Å². The number of halogens is 1. The van der Waals surface area contributed by atoms with Crippen LogP contribution in [0.2, 0.25) is 0 Å². The first-order chi connectivity index (χ1) is 16.0. The molecule has 0 fully saturated rings. The van der Waals surface area contributed by atoms with Crippen molar-refractivity contribution in [1.82, 2.24) is 9.62 Å². The number of benzene rings is 2. The van der Waals surface area contributed by atoms with Gasteiger partial charge < -0.3 is 4.90 Å². The molecule has 1 N–H and O–H groups in total. The van der Waals surface area contributed by atoms with E-state index in [2.05, 4.69) is 0 Å². The molecule has 0 radical (unpaired) electrons. The summed E-state index contributed by atoms with van der Waals surface area (Å²) in [5.74, 6) is -2.75. The van der Waals surface area contributed by atoms with Gasteiger partial charge in [0.2, 0.25) is 11.8 Å². The molecule has 0 aliphatic rings. The van der Waals surface area contributed by atoms with Gasteiger partial charge in [0.1, 0.15) is 11.7 Å². The van der Waals surface area contributed by atoms with Crippen LogP contribution < -0.4 is 4.72 Å². The summed E-state index contributed by atoms with van der Waals surface area (Å²) < 4.78 is 40.2. The van der Waals surface area contributed by atoms with Gasteiger partial charge in [-0.25, -0.2) is 17.5 Å². The van der Waals surface area contributed by atoms with Gasteiger partial charge >= 0.3 is 0 Å². The van der Waals surface area contributed by atoms with E-state index in [0.29, 0.717) is 18.5 Å². The second kappa shape index (κ2) is 12.5. The van der Waals surface area contributed by atoms with E-state index in [1.54, 1.807) is 41.3 Å². The third-order valence-electron chi connectivity index (χ3n) is 5.26. The maximum atomic E-state index is 13.4. The Labute approximate surface area is 201 Å². The summed E-state index contributed by atoms with van der Waals surface area (Å²) >= 11 is 0. The number of sulfonamides is 1. The third kappa shape index (κ3) is 8.74. The summed E-state index contributed by atoms with van der Waals surface area (Å²) in [5, 5.41) is 0.923. The van der Waals surface area contributed by atoms with Crippen molar-refractivity contribution >= 4 is 27.9 Å². The Morgan fingerprint density at radius 2 is 1.62 bits per heavy atom. The lowest BCUT2D eigenvalue weighted by atomic mass is 9.94. The van der Waals surface area contributed by atoms with Crippen LogP contribution in [0, 0.1) is 17.7 Å². The van der Waals surface area contributed by atoms with Gasteiger partial charge in [-0.05, 0) is 61.9 Å². The molecule has 34 heavy (non-hydrogen) atoms. The monoisotopic (exact) mass is 488 g/mol. The van der Waals surface area contributed by atoms with Crippen molar-refractivity contribution in [3.05, 3.63) is 76.9 Å². The molecule has 0 heterocycles. The molecule has 2 rings (SSSR count). The predicted molar refractivity (Wildman–Crippen MR) is 132 cm³/mol. The summed E-state index contributed by atoms with van der Waals surface area (Å²) in [4.78, 5) is 27.9. The molecule has 0 bridgehead atoms. The van der Waals surface area contributed by atoms with Gasteiger partial charge in [0, 0.05) is 12.6 Å². The van der Waals surface area contributed by atoms with E-state index in [1.807, 2.05) is 38.5 Å². The predicted octanol–water partition coefficient (Wildman–Crippen LogP) is 4.38. The summed E-state index contributed by atoms with van der Waals surface area (Å²) in [6.45, 7) is 7.74. The minimum Gasteiger partial charge on any atom is -0.339 e. The highest BCUT2D eigenvalue weighted by Gasteiger charge is 2.34. The number of nitrogens with zero attached hydrogens (tertiary/aromatic N) is 1. The van der Waals surface area contributed by atoms with Crippen molar-refractivity contribution in [2.75, 3.05) is 6.54 Å². The van der Waals surface area contributed by atoms with Crippen LogP contribution in [0.4, 0.5) is 4.39 Å².